The number of cyclic esters (lactones) is 1. The van der Waals surface area contributed by atoms with Crippen LogP contribution in [0.25, 0.3) is 11.5 Å². The van der Waals surface area contributed by atoms with Crippen LogP contribution < -0.4 is 4.90 Å². The Morgan fingerprint density at radius 3 is 2.57 bits per heavy atom. The lowest BCUT2D eigenvalue weighted by Crippen LogP contribution is -2.21. The molecule has 122 valence electrons. The van der Waals surface area contributed by atoms with Crippen molar-refractivity contribution in [2.45, 2.75) is 30.7 Å². The van der Waals surface area contributed by atoms with Gasteiger partial charge in [-0.25, -0.2) is 0 Å². The Bertz CT molecular complexity index is 667. The van der Waals surface area contributed by atoms with E-state index in [2.05, 4.69) is 28.9 Å². The summed E-state index contributed by atoms with van der Waals surface area (Å²) in [5.74, 6) is 0.253. The van der Waals surface area contributed by atoms with Crippen molar-refractivity contribution in [2.24, 2.45) is 0 Å². The van der Waals surface area contributed by atoms with Crippen LogP contribution in [0.5, 0.6) is 0 Å². The summed E-state index contributed by atoms with van der Waals surface area (Å²) < 4.78 is 10.6. The molecule has 0 spiro atoms. The molecule has 2 heterocycles. The van der Waals surface area contributed by atoms with E-state index in [1.54, 1.807) is 0 Å². The number of aromatic nitrogens is 2. The molecule has 3 rings (SSSR count). The number of esters is 1. The number of hydrogen-bond donors (Lipinski definition) is 0. The van der Waals surface area contributed by atoms with Gasteiger partial charge < -0.3 is 14.1 Å². The van der Waals surface area contributed by atoms with Crippen molar-refractivity contribution in [3.05, 3.63) is 24.3 Å². The van der Waals surface area contributed by atoms with Crippen molar-refractivity contribution < 1.29 is 13.9 Å². The highest BCUT2D eigenvalue weighted by atomic mass is 32.2. The molecule has 0 aliphatic carbocycles. The van der Waals surface area contributed by atoms with Gasteiger partial charge in [-0.1, -0.05) is 0 Å². The maximum atomic E-state index is 11.5. The summed E-state index contributed by atoms with van der Waals surface area (Å²) in [4.78, 5) is 13.7. The number of rotatable bonds is 6. The van der Waals surface area contributed by atoms with Crippen LogP contribution in [-0.2, 0) is 9.53 Å². The van der Waals surface area contributed by atoms with Gasteiger partial charge in [-0.05, 0) is 49.9 Å². The van der Waals surface area contributed by atoms with Gasteiger partial charge in [0.15, 0.2) is 0 Å². The van der Waals surface area contributed by atoms with E-state index in [1.165, 1.54) is 17.4 Å². The third-order valence-corrected chi connectivity index (χ3v) is 4.86. The van der Waals surface area contributed by atoms with Crippen LogP contribution in [-0.4, -0.2) is 41.1 Å². The van der Waals surface area contributed by atoms with Crippen molar-refractivity contribution >= 4 is 23.4 Å². The van der Waals surface area contributed by atoms with Crippen molar-refractivity contribution in [2.75, 3.05) is 24.6 Å². The Balaban J connectivity index is 1.71. The summed E-state index contributed by atoms with van der Waals surface area (Å²) in [6.07, 6.45) is 0.680. The monoisotopic (exact) mass is 333 g/mol. The lowest BCUT2D eigenvalue weighted by molar-refractivity contribution is -0.137. The molecule has 1 atom stereocenters. The minimum atomic E-state index is -0.242. The third kappa shape index (κ3) is 3.50. The fourth-order valence-corrected chi connectivity index (χ4v) is 3.32. The molecule has 2 aromatic rings. The van der Waals surface area contributed by atoms with E-state index in [-0.39, 0.29) is 11.2 Å². The average molecular weight is 333 g/mol. The number of benzene rings is 1. The molecule has 1 unspecified atom stereocenters. The lowest BCUT2D eigenvalue weighted by atomic mass is 10.2. The number of anilines is 1. The van der Waals surface area contributed by atoms with Crippen LogP contribution in [0.1, 0.15) is 20.3 Å². The van der Waals surface area contributed by atoms with Crippen LogP contribution >= 0.6 is 11.8 Å². The summed E-state index contributed by atoms with van der Waals surface area (Å²) >= 11 is 1.27. The van der Waals surface area contributed by atoms with Gasteiger partial charge in [-0.2, -0.15) is 0 Å². The maximum absolute atomic E-state index is 11.5. The van der Waals surface area contributed by atoms with Crippen LogP contribution in [0.15, 0.2) is 33.9 Å². The average Bonchev–Trinajstić information content (AvgIpc) is 3.20. The van der Waals surface area contributed by atoms with Gasteiger partial charge in [0.1, 0.15) is 5.25 Å². The van der Waals surface area contributed by atoms with Gasteiger partial charge in [0.05, 0.1) is 6.61 Å². The van der Waals surface area contributed by atoms with Crippen molar-refractivity contribution in [3.63, 3.8) is 0 Å². The quantitative estimate of drug-likeness (QED) is 0.753. The Kier molecular flexibility index (Phi) is 4.85. The van der Waals surface area contributed by atoms with Gasteiger partial charge >= 0.3 is 5.97 Å². The summed E-state index contributed by atoms with van der Waals surface area (Å²) in [5.41, 5.74) is 2.04. The molecule has 6 nitrogen and oxygen atoms in total. The first-order valence-corrected chi connectivity index (χ1v) is 8.61. The SMILES string of the molecule is CCN(CC)c1ccc(-c2nnc(SC3CCOC3=O)o2)cc1. The fourth-order valence-electron chi connectivity index (χ4n) is 2.48. The summed E-state index contributed by atoms with van der Waals surface area (Å²) in [5, 5.41) is 8.23. The van der Waals surface area contributed by atoms with Gasteiger partial charge in [-0.3, -0.25) is 4.79 Å². The maximum Gasteiger partial charge on any atom is 0.319 e. The number of ether oxygens (including phenoxy) is 1. The first kappa shape index (κ1) is 15.9. The smallest absolute Gasteiger partial charge is 0.319 e. The highest BCUT2D eigenvalue weighted by molar-refractivity contribution is 8.00. The third-order valence-electron chi connectivity index (χ3n) is 3.78. The predicted octanol–water partition coefficient (Wildman–Crippen LogP) is 2.99. The Labute approximate surface area is 139 Å². The van der Waals surface area contributed by atoms with Crippen molar-refractivity contribution in [1.29, 1.82) is 0 Å². The second-order valence-electron chi connectivity index (χ2n) is 5.15. The van der Waals surface area contributed by atoms with E-state index < -0.39 is 0 Å². The topological polar surface area (TPSA) is 68.5 Å². The Hall–Kier alpha value is -2.02. The largest absolute Gasteiger partial charge is 0.465 e. The minimum absolute atomic E-state index is 0.210. The first-order valence-electron chi connectivity index (χ1n) is 7.73. The molecule has 1 aliphatic heterocycles. The molecule has 0 radical (unpaired) electrons. The van der Waals surface area contributed by atoms with Crippen LogP contribution in [0.3, 0.4) is 0 Å². The van der Waals surface area contributed by atoms with E-state index in [0.29, 0.717) is 24.1 Å². The number of carbonyl (C=O) groups excluding carboxylic acids is 1. The molecular formula is C16H19N3O3S. The molecule has 1 aromatic carbocycles. The highest BCUT2D eigenvalue weighted by Gasteiger charge is 2.29. The van der Waals surface area contributed by atoms with E-state index in [0.717, 1.165) is 18.7 Å². The molecule has 0 N–H and O–H groups in total. The molecule has 23 heavy (non-hydrogen) atoms. The van der Waals surface area contributed by atoms with Gasteiger partial charge in [0, 0.05) is 30.8 Å². The van der Waals surface area contributed by atoms with Gasteiger partial charge in [0.25, 0.3) is 5.22 Å². The zero-order valence-electron chi connectivity index (χ0n) is 13.2. The standard InChI is InChI=1S/C16H19N3O3S/c1-3-19(4-2)12-7-5-11(6-8-12)14-17-18-16(22-14)23-13-9-10-21-15(13)20/h5-8,13H,3-4,9-10H2,1-2H3. The van der Waals surface area contributed by atoms with E-state index in [4.69, 9.17) is 9.15 Å². The molecule has 1 saturated heterocycles. The first-order chi connectivity index (χ1) is 11.2. The van der Waals surface area contributed by atoms with Crippen LogP contribution in [0.4, 0.5) is 5.69 Å². The van der Waals surface area contributed by atoms with Gasteiger partial charge in [0.2, 0.25) is 5.89 Å². The zero-order chi connectivity index (χ0) is 16.2. The molecule has 1 fully saturated rings. The molecule has 1 aromatic heterocycles. The highest BCUT2D eigenvalue weighted by Crippen LogP contribution is 2.31. The van der Waals surface area contributed by atoms with E-state index >= 15 is 0 Å². The number of hydrogen-bond acceptors (Lipinski definition) is 7. The number of thioether (sulfide) groups is 1. The second-order valence-corrected chi connectivity index (χ2v) is 6.31. The molecular weight excluding hydrogens is 314 g/mol. The van der Waals surface area contributed by atoms with E-state index in [9.17, 15) is 4.79 Å². The summed E-state index contributed by atoms with van der Waals surface area (Å²) in [6, 6.07) is 8.04. The number of nitrogens with zero attached hydrogens (tertiary/aromatic N) is 3. The Morgan fingerprint density at radius 2 is 1.96 bits per heavy atom. The molecule has 0 amide bonds. The van der Waals surface area contributed by atoms with Gasteiger partial charge in [-0.15, -0.1) is 10.2 Å². The van der Waals surface area contributed by atoms with E-state index in [1.807, 2.05) is 24.3 Å². The lowest BCUT2D eigenvalue weighted by Gasteiger charge is -2.20. The fraction of sp³-hybridized carbons (Fsp3) is 0.438. The zero-order valence-corrected chi connectivity index (χ0v) is 14.0. The van der Waals surface area contributed by atoms with Crippen molar-refractivity contribution in [3.8, 4) is 11.5 Å². The Morgan fingerprint density at radius 1 is 1.22 bits per heavy atom. The normalized spacial score (nSPS) is 17.3. The molecule has 0 saturated carbocycles. The van der Waals surface area contributed by atoms with Crippen LogP contribution in [0, 0.1) is 0 Å². The minimum Gasteiger partial charge on any atom is -0.465 e. The second kappa shape index (κ2) is 7.04. The molecule has 1 aliphatic rings. The predicted molar refractivity (Wildman–Crippen MR) is 88.5 cm³/mol. The summed E-state index contributed by atoms with van der Waals surface area (Å²) in [7, 11) is 0. The van der Waals surface area contributed by atoms with Crippen LogP contribution in [0.2, 0.25) is 0 Å². The summed E-state index contributed by atoms with van der Waals surface area (Å²) in [6.45, 7) is 6.66. The number of carbonyl (C=O) groups is 1. The molecule has 7 heteroatoms. The van der Waals surface area contributed by atoms with Crippen molar-refractivity contribution in [1.82, 2.24) is 10.2 Å². The molecule has 0 bridgehead atoms.